The summed E-state index contributed by atoms with van der Waals surface area (Å²) in [5.41, 5.74) is 0.101. The quantitative estimate of drug-likeness (QED) is 0.824. The van der Waals surface area contributed by atoms with E-state index in [-0.39, 0.29) is 11.4 Å². The molecule has 2 aromatic rings. The third kappa shape index (κ3) is 1.29. The third-order valence-corrected chi connectivity index (χ3v) is 1.93. The number of nitrogens with zero attached hydrogens (tertiary/aromatic N) is 2. The maximum atomic E-state index is 10.6. The Kier molecular flexibility index (Phi) is 1.77. The number of rotatable bonds is 1. The zero-order chi connectivity index (χ0) is 9.42. The molecular formula is C7H3BrN2O3. The predicted molar refractivity (Wildman–Crippen MR) is 46.5 cm³/mol. The van der Waals surface area contributed by atoms with Crippen LogP contribution in [0.25, 0.3) is 11.1 Å². The van der Waals surface area contributed by atoms with Crippen molar-refractivity contribution in [1.29, 1.82) is 0 Å². The van der Waals surface area contributed by atoms with E-state index in [1.54, 1.807) is 6.07 Å². The summed E-state index contributed by atoms with van der Waals surface area (Å²) in [6, 6.07) is 1.60. The Balaban J connectivity index is 2.79. The molecule has 0 aliphatic heterocycles. The maximum Gasteiger partial charge on any atom is 0.358 e. The third-order valence-electron chi connectivity index (χ3n) is 1.50. The minimum atomic E-state index is -1.13. The number of carbonyl (C=O) groups is 1. The Morgan fingerprint density at radius 1 is 1.62 bits per heavy atom. The molecule has 6 heteroatoms. The van der Waals surface area contributed by atoms with Crippen LogP contribution in [-0.2, 0) is 0 Å². The van der Waals surface area contributed by atoms with Crippen LogP contribution < -0.4 is 0 Å². The highest BCUT2D eigenvalue weighted by Crippen LogP contribution is 2.20. The number of halogens is 1. The van der Waals surface area contributed by atoms with Crippen molar-refractivity contribution in [1.82, 2.24) is 10.1 Å². The van der Waals surface area contributed by atoms with Gasteiger partial charge in [0.25, 0.3) is 5.71 Å². The molecule has 0 atom stereocenters. The van der Waals surface area contributed by atoms with E-state index < -0.39 is 5.97 Å². The average Bonchev–Trinajstić information content (AvgIpc) is 2.46. The lowest BCUT2D eigenvalue weighted by molar-refractivity contribution is 0.0688. The van der Waals surface area contributed by atoms with Gasteiger partial charge in [-0.05, 0) is 22.0 Å². The van der Waals surface area contributed by atoms with Gasteiger partial charge in [-0.2, -0.15) is 0 Å². The Morgan fingerprint density at radius 3 is 3.08 bits per heavy atom. The highest BCUT2D eigenvalue weighted by atomic mass is 79.9. The summed E-state index contributed by atoms with van der Waals surface area (Å²) >= 11 is 3.18. The summed E-state index contributed by atoms with van der Waals surface area (Å²) in [5.74, 6) is -1.13. The maximum absolute atomic E-state index is 10.6. The molecule has 0 amide bonds. The van der Waals surface area contributed by atoms with Gasteiger partial charge < -0.3 is 9.63 Å². The van der Waals surface area contributed by atoms with Gasteiger partial charge in [0.2, 0.25) is 5.69 Å². The molecule has 5 nitrogen and oxygen atoms in total. The molecule has 0 saturated heterocycles. The molecule has 2 aromatic heterocycles. The van der Waals surface area contributed by atoms with Crippen LogP contribution in [0.4, 0.5) is 0 Å². The average molecular weight is 243 g/mol. The van der Waals surface area contributed by atoms with Crippen LogP contribution in [0.15, 0.2) is 21.3 Å². The summed E-state index contributed by atoms with van der Waals surface area (Å²) < 4.78 is 5.39. The topological polar surface area (TPSA) is 76.2 Å². The fourth-order valence-electron chi connectivity index (χ4n) is 0.961. The second-order valence-electron chi connectivity index (χ2n) is 2.34. The van der Waals surface area contributed by atoms with Crippen LogP contribution in [-0.4, -0.2) is 21.2 Å². The smallest absolute Gasteiger partial charge is 0.358 e. The second-order valence-corrected chi connectivity index (χ2v) is 3.26. The number of hydrogen-bond donors (Lipinski definition) is 1. The lowest BCUT2D eigenvalue weighted by Gasteiger charge is -1.88. The van der Waals surface area contributed by atoms with Gasteiger partial charge in [-0.15, -0.1) is 0 Å². The first kappa shape index (κ1) is 8.18. The fraction of sp³-hybridized carbons (Fsp3) is 0. The molecule has 0 spiro atoms. The van der Waals surface area contributed by atoms with E-state index in [9.17, 15) is 4.79 Å². The molecule has 0 aliphatic rings. The van der Waals surface area contributed by atoms with Crippen LogP contribution in [0.5, 0.6) is 0 Å². The van der Waals surface area contributed by atoms with Crippen LogP contribution in [0.2, 0.25) is 0 Å². The van der Waals surface area contributed by atoms with Gasteiger partial charge in [0.15, 0.2) is 0 Å². The van der Waals surface area contributed by atoms with E-state index in [1.165, 1.54) is 6.20 Å². The first-order valence-corrected chi connectivity index (χ1v) is 4.12. The largest absolute Gasteiger partial charge is 0.476 e. The summed E-state index contributed by atoms with van der Waals surface area (Å²) in [7, 11) is 0. The van der Waals surface area contributed by atoms with Crippen LogP contribution >= 0.6 is 15.9 Å². The Bertz CT molecular complexity index is 480. The van der Waals surface area contributed by atoms with Crippen LogP contribution in [0, 0.1) is 0 Å². The fourth-order valence-corrected chi connectivity index (χ4v) is 1.29. The molecule has 0 unspecified atom stereocenters. The Labute approximate surface area is 80.5 Å². The molecule has 0 radical (unpaired) electrons. The van der Waals surface area contributed by atoms with E-state index >= 15 is 0 Å². The summed E-state index contributed by atoms with van der Waals surface area (Å²) in [6.45, 7) is 0. The summed E-state index contributed by atoms with van der Waals surface area (Å²) in [6.07, 6.45) is 1.51. The zero-order valence-electron chi connectivity index (χ0n) is 6.19. The number of fused-ring (bicyclic) bond motifs is 1. The van der Waals surface area contributed by atoms with Gasteiger partial charge in [0.1, 0.15) is 0 Å². The highest BCUT2D eigenvalue weighted by Gasteiger charge is 2.15. The number of aromatic carboxylic acids is 1. The van der Waals surface area contributed by atoms with Crippen molar-refractivity contribution in [3.8, 4) is 0 Å². The highest BCUT2D eigenvalue weighted by molar-refractivity contribution is 9.10. The number of aromatic nitrogens is 2. The number of hydrogen-bond acceptors (Lipinski definition) is 4. The first-order chi connectivity index (χ1) is 6.18. The molecule has 66 valence electrons. The van der Waals surface area contributed by atoms with E-state index in [4.69, 9.17) is 9.63 Å². The van der Waals surface area contributed by atoms with Gasteiger partial charge >= 0.3 is 5.97 Å². The second kappa shape index (κ2) is 2.81. The molecule has 1 N–H and O–H groups in total. The molecule has 0 fully saturated rings. The molecule has 2 rings (SSSR count). The van der Waals surface area contributed by atoms with Crippen molar-refractivity contribution in [3.63, 3.8) is 0 Å². The molecule has 0 aliphatic carbocycles. The van der Waals surface area contributed by atoms with Crippen molar-refractivity contribution >= 4 is 33.0 Å². The van der Waals surface area contributed by atoms with Crippen molar-refractivity contribution < 1.29 is 14.4 Å². The van der Waals surface area contributed by atoms with Crippen LogP contribution in [0.1, 0.15) is 10.5 Å². The van der Waals surface area contributed by atoms with Gasteiger partial charge in [0.05, 0.1) is 5.39 Å². The first-order valence-electron chi connectivity index (χ1n) is 3.32. The molecule has 13 heavy (non-hydrogen) atoms. The summed E-state index contributed by atoms with van der Waals surface area (Å²) in [4.78, 5) is 14.5. The van der Waals surface area contributed by atoms with Crippen molar-refractivity contribution in [3.05, 3.63) is 22.4 Å². The monoisotopic (exact) mass is 242 g/mol. The van der Waals surface area contributed by atoms with Gasteiger partial charge in [0, 0.05) is 10.7 Å². The van der Waals surface area contributed by atoms with Crippen molar-refractivity contribution in [2.45, 2.75) is 0 Å². The molecular weight excluding hydrogens is 240 g/mol. The number of carboxylic acid groups (broad SMARTS) is 1. The molecule has 0 saturated carbocycles. The van der Waals surface area contributed by atoms with E-state index in [0.717, 1.165) is 0 Å². The number of pyridine rings is 1. The van der Waals surface area contributed by atoms with E-state index in [1.807, 2.05) is 0 Å². The van der Waals surface area contributed by atoms with Gasteiger partial charge in [-0.1, -0.05) is 5.16 Å². The predicted octanol–water partition coefficient (Wildman–Crippen LogP) is 1.68. The lowest BCUT2D eigenvalue weighted by atomic mass is 10.3. The minimum absolute atomic E-state index is 0.121. The van der Waals surface area contributed by atoms with Crippen LogP contribution in [0.3, 0.4) is 0 Å². The summed E-state index contributed by atoms with van der Waals surface area (Å²) in [5, 5.41) is 12.5. The number of carboxylic acids is 1. The van der Waals surface area contributed by atoms with Crippen molar-refractivity contribution in [2.24, 2.45) is 0 Å². The molecule has 2 heterocycles. The van der Waals surface area contributed by atoms with E-state index in [0.29, 0.717) is 9.86 Å². The van der Waals surface area contributed by atoms with Gasteiger partial charge in [-0.25, -0.2) is 9.78 Å². The molecule has 0 bridgehead atoms. The normalized spacial score (nSPS) is 10.5. The zero-order valence-corrected chi connectivity index (χ0v) is 7.78. The Morgan fingerprint density at radius 2 is 2.38 bits per heavy atom. The minimum Gasteiger partial charge on any atom is -0.476 e. The SMILES string of the molecule is O=C(O)c1noc2ncc(Br)cc12. The lowest BCUT2D eigenvalue weighted by Crippen LogP contribution is -1.96. The standard InChI is InChI=1S/C7H3BrN2O3/c8-3-1-4-5(7(11)12)10-13-6(4)9-2-3/h1-2H,(H,11,12). The van der Waals surface area contributed by atoms with Gasteiger partial charge in [-0.3, -0.25) is 0 Å². The van der Waals surface area contributed by atoms with Crippen molar-refractivity contribution in [2.75, 3.05) is 0 Å². The molecule has 0 aromatic carbocycles. The Hall–Kier alpha value is -1.43. The van der Waals surface area contributed by atoms with E-state index in [2.05, 4.69) is 26.1 Å².